The Morgan fingerprint density at radius 3 is 2.43 bits per heavy atom. The van der Waals surface area contributed by atoms with E-state index in [0.29, 0.717) is 0 Å². The van der Waals surface area contributed by atoms with Gasteiger partial charge in [0, 0.05) is 47.9 Å². The molecule has 5 rings (SSSR count). The molecule has 0 spiro atoms. The molecule has 35 heavy (non-hydrogen) atoms. The van der Waals surface area contributed by atoms with Crippen molar-refractivity contribution < 1.29 is 9.53 Å². The highest BCUT2D eigenvalue weighted by molar-refractivity contribution is 6.17. The van der Waals surface area contributed by atoms with Gasteiger partial charge in [-0.15, -0.1) is 0 Å². The molecule has 186 valence electrons. The number of rotatable bonds is 11. The smallest absolute Gasteiger partial charge is 0.195 e. The van der Waals surface area contributed by atoms with E-state index in [0.717, 1.165) is 65.3 Å². The van der Waals surface area contributed by atoms with Gasteiger partial charge in [-0.25, -0.2) is 0 Å². The minimum Gasteiger partial charge on any atom is -0.495 e. The van der Waals surface area contributed by atoms with Gasteiger partial charge in [0.25, 0.3) is 0 Å². The number of ether oxygens (including phenoxy) is 1. The number of carbonyl (C=O) groups excluding carboxylic acids is 1. The molecule has 3 heterocycles. The van der Waals surface area contributed by atoms with Crippen LogP contribution in [0.4, 0.5) is 0 Å². The summed E-state index contributed by atoms with van der Waals surface area (Å²) in [7, 11) is 1.72. The summed E-state index contributed by atoms with van der Waals surface area (Å²) in [6.07, 6.45) is 14.3. The van der Waals surface area contributed by atoms with Crippen molar-refractivity contribution in [3.05, 3.63) is 65.9 Å². The standard InChI is InChI=1S/C31H40N2O2/c1-3-4-6-11-23-20-25-16-17-26(21-23)33(25)19-10-18-32-22-28(31(34)24-12-7-5-8-13-24)27-14-9-15-29(35-2)30(27)32/h5,7-9,12-15,22-23,25-26H,3-4,6,10-11,16-21H2,1-2H3/t23?,25-,26+. The third-order valence-corrected chi connectivity index (χ3v) is 8.38. The Kier molecular flexibility index (Phi) is 7.57. The Morgan fingerprint density at radius 1 is 0.943 bits per heavy atom. The van der Waals surface area contributed by atoms with Gasteiger partial charge in [0.15, 0.2) is 5.78 Å². The van der Waals surface area contributed by atoms with E-state index < -0.39 is 0 Å². The van der Waals surface area contributed by atoms with Crippen LogP contribution in [0.5, 0.6) is 5.75 Å². The van der Waals surface area contributed by atoms with E-state index in [1.807, 2.05) is 48.5 Å². The summed E-state index contributed by atoms with van der Waals surface area (Å²) in [4.78, 5) is 16.2. The number of unbranched alkanes of at least 4 members (excludes halogenated alkanes) is 2. The molecule has 0 aliphatic carbocycles. The number of piperidine rings is 1. The zero-order valence-electron chi connectivity index (χ0n) is 21.4. The van der Waals surface area contributed by atoms with Crippen LogP contribution < -0.4 is 4.74 Å². The first-order valence-corrected chi connectivity index (χ1v) is 13.7. The van der Waals surface area contributed by atoms with Crippen molar-refractivity contribution in [1.82, 2.24) is 9.47 Å². The molecule has 2 fully saturated rings. The summed E-state index contributed by atoms with van der Waals surface area (Å²) in [5, 5.41) is 0.978. The first-order chi connectivity index (χ1) is 17.2. The fraction of sp³-hybridized carbons (Fsp3) is 0.516. The summed E-state index contributed by atoms with van der Waals surface area (Å²) in [5.74, 6) is 1.85. The van der Waals surface area contributed by atoms with Crippen LogP contribution in [-0.4, -0.2) is 41.0 Å². The molecule has 2 aliphatic rings. The zero-order valence-corrected chi connectivity index (χ0v) is 21.4. The van der Waals surface area contributed by atoms with Gasteiger partial charge >= 0.3 is 0 Å². The molecule has 2 bridgehead atoms. The van der Waals surface area contributed by atoms with E-state index in [1.54, 1.807) is 7.11 Å². The average Bonchev–Trinajstić information content (AvgIpc) is 3.37. The lowest BCUT2D eigenvalue weighted by Crippen LogP contribution is -2.43. The average molecular weight is 473 g/mol. The third kappa shape index (κ3) is 5.04. The molecule has 1 aromatic heterocycles. The van der Waals surface area contributed by atoms with E-state index in [2.05, 4.69) is 22.6 Å². The van der Waals surface area contributed by atoms with E-state index in [-0.39, 0.29) is 5.78 Å². The molecule has 0 saturated carbocycles. The zero-order chi connectivity index (χ0) is 24.2. The fourth-order valence-electron chi connectivity index (χ4n) is 6.69. The van der Waals surface area contributed by atoms with Crippen molar-refractivity contribution in [3.63, 3.8) is 0 Å². The van der Waals surface area contributed by atoms with E-state index in [9.17, 15) is 4.79 Å². The SMILES string of the molecule is CCCCCC1C[C@H]2CC[C@@H](C1)N2CCCn1cc(C(=O)c2ccccc2)c2cccc(OC)c21. The summed E-state index contributed by atoms with van der Waals surface area (Å²) >= 11 is 0. The Labute approximate surface area is 210 Å². The molecule has 2 aliphatic heterocycles. The number of carbonyl (C=O) groups is 1. The molecule has 2 aromatic carbocycles. The van der Waals surface area contributed by atoms with Gasteiger partial charge in [0.05, 0.1) is 12.6 Å². The van der Waals surface area contributed by atoms with Crippen molar-refractivity contribution in [3.8, 4) is 5.75 Å². The number of fused-ring (bicyclic) bond motifs is 3. The highest BCUT2D eigenvalue weighted by Gasteiger charge is 2.39. The van der Waals surface area contributed by atoms with Gasteiger partial charge in [-0.1, -0.05) is 75.1 Å². The van der Waals surface area contributed by atoms with E-state index in [1.165, 1.54) is 51.4 Å². The monoisotopic (exact) mass is 472 g/mol. The fourth-order valence-corrected chi connectivity index (χ4v) is 6.69. The topological polar surface area (TPSA) is 34.5 Å². The summed E-state index contributed by atoms with van der Waals surface area (Å²) < 4.78 is 7.97. The largest absolute Gasteiger partial charge is 0.495 e. The van der Waals surface area contributed by atoms with Crippen LogP contribution in [0.25, 0.3) is 10.9 Å². The number of benzene rings is 2. The van der Waals surface area contributed by atoms with Crippen molar-refractivity contribution in [2.24, 2.45) is 5.92 Å². The number of hydrogen-bond acceptors (Lipinski definition) is 3. The second-order valence-electron chi connectivity index (χ2n) is 10.6. The molecule has 4 nitrogen and oxygen atoms in total. The van der Waals surface area contributed by atoms with Gasteiger partial charge in [0.1, 0.15) is 5.75 Å². The minimum atomic E-state index is 0.0748. The summed E-state index contributed by atoms with van der Waals surface area (Å²) in [6, 6.07) is 17.2. The molecule has 0 N–H and O–H groups in total. The van der Waals surface area contributed by atoms with E-state index in [4.69, 9.17) is 4.74 Å². The number of aromatic nitrogens is 1. The second-order valence-corrected chi connectivity index (χ2v) is 10.6. The van der Waals surface area contributed by atoms with Gasteiger partial charge < -0.3 is 9.30 Å². The van der Waals surface area contributed by atoms with Crippen LogP contribution in [-0.2, 0) is 6.54 Å². The van der Waals surface area contributed by atoms with Crippen molar-refractivity contribution >= 4 is 16.7 Å². The molecule has 1 unspecified atom stereocenters. The quantitative estimate of drug-likeness (QED) is 0.221. The van der Waals surface area contributed by atoms with Crippen LogP contribution in [0.15, 0.2) is 54.7 Å². The predicted octanol–water partition coefficient (Wildman–Crippen LogP) is 7.09. The number of aryl methyl sites for hydroxylation is 1. The third-order valence-electron chi connectivity index (χ3n) is 8.38. The molecule has 2 saturated heterocycles. The van der Waals surface area contributed by atoms with Crippen LogP contribution in [0.3, 0.4) is 0 Å². The minimum absolute atomic E-state index is 0.0748. The Hall–Kier alpha value is -2.59. The summed E-state index contributed by atoms with van der Waals surface area (Å²) in [6.45, 7) is 4.35. The van der Waals surface area contributed by atoms with Gasteiger partial charge in [-0.05, 0) is 44.1 Å². The molecule has 0 amide bonds. The van der Waals surface area contributed by atoms with Crippen LogP contribution in [0.2, 0.25) is 0 Å². The lowest BCUT2D eigenvalue weighted by Gasteiger charge is -2.39. The second kappa shape index (κ2) is 11.0. The Bertz CT molecular complexity index is 1120. The lowest BCUT2D eigenvalue weighted by molar-refractivity contribution is 0.0966. The first kappa shape index (κ1) is 24.1. The Morgan fingerprint density at radius 2 is 1.71 bits per heavy atom. The molecule has 0 radical (unpaired) electrons. The maximum atomic E-state index is 13.4. The van der Waals surface area contributed by atoms with Crippen LogP contribution in [0, 0.1) is 5.92 Å². The van der Waals surface area contributed by atoms with Gasteiger partial charge in [-0.3, -0.25) is 9.69 Å². The molecule has 4 heteroatoms. The Balaban J connectivity index is 1.29. The van der Waals surface area contributed by atoms with Crippen molar-refractivity contribution in [2.75, 3.05) is 13.7 Å². The van der Waals surface area contributed by atoms with Crippen LogP contribution in [0.1, 0.15) is 80.6 Å². The van der Waals surface area contributed by atoms with E-state index >= 15 is 0 Å². The highest BCUT2D eigenvalue weighted by atomic mass is 16.5. The van der Waals surface area contributed by atoms with Gasteiger partial charge in [-0.2, -0.15) is 0 Å². The maximum absolute atomic E-state index is 13.4. The maximum Gasteiger partial charge on any atom is 0.195 e. The number of ketones is 1. The number of methoxy groups -OCH3 is 1. The van der Waals surface area contributed by atoms with Crippen molar-refractivity contribution in [2.45, 2.75) is 83.3 Å². The summed E-state index contributed by atoms with van der Waals surface area (Å²) in [5.41, 5.74) is 2.53. The predicted molar refractivity (Wildman–Crippen MR) is 143 cm³/mol. The number of hydrogen-bond donors (Lipinski definition) is 0. The molecular formula is C31H40N2O2. The first-order valence-electron chi connectivity index (χ1n) is 13.7. The molecule has 3 atom stereocenters. The number of para-hydroxylation sites is 1. The lowest BCUT2D eigenvalue weighted by atomic mass is 9.86. The van der Waals surface area contributed by atoms with Gasteiger partial charge in [0.2, 0.25) is 0 Å². The molecular weight excluding hydrogens is 432 g/mol. The highest BCUT2D eigenvalue weighted by Crippen LogP contribution is 2.40. The van der Waals surface area contributed by atoms with Crippen LogP contribution >= 0.6 is 0 Å². The number of nitrogens with zero attached hydrogens (tertiary/aromatic N) is 2. The van der Waals surface area contributed by atoms with Crippen molar-refractivity contribution in [1.29, 1.82) is 0 Å². The normalized spacial score (nSPS) is 22.1. The molecule has 3 aromatic rings.